The summed E-state index contributed by atoms with van der Waals surface area (Å²) >= 11 is 2.07. The van der Waals surface area contributed by atoms with E-state index in [1.54, 1.807) is 0 Å². The Morgan fingerprint density at radius 1 is 0.941 bits per heavy atom. The summed E-state index contributed by atoms with van der Waals surface area (Å²) in [5, 5.41) is 6.37. The molecule has 88 valence electrons. The Bertz CT molecular complexity index is 498. The SMILES string of the molecule is c1ccc2c(NC3CCSCC3)cccc2c1. The fourth-order valence-electron chi connectivity index (χ4n) is 2.41. The molecule has 2 heteroatoms. The average molecular weight is 243 g/mol. The molecular formula is C15H17NS. The molecule has 17 heavy (non-hydrogen) atoms. The number of fused-ring (bicyclic) bond motifs is 1. The predicted molar refractivity (Wildman–Crippen MR) is 77.9 cm³/mol. The third kappa shape index (κ3) is 2.42. The molecule has 1 N–H and O–H groups in total. The van der Waals surface area contributed by atoms with Crippen LogP contribution >= 0.6 is 11.8 Å². The van der Waals surface area contributed by atoms with Gasteiger partial charge in [0, 0.05) is 17.1 Å². The first kappa shape index (κ1) is 11.0. The summed E-state index contributed by atoms with van der Waals surface area (Å²) in [5.41, 5.74) is 1.29. The fraction of sp³-hybridized carbons (Fsp3) is 0.333. The van der Waals surface area contributed by atoms with Gasteiger partial charge in [-0.05, 0) is 35.8 Å². The lowest BCUT2D eigenvalue weighted by molar-refractivity contribution is 0.667. The van der Waals surface area contributed by atoms with Gasteiger partial charge in [0.15, 0.2) is 0 Å². The molecule has 0 unspecified atom stereocenters. The van der Waals surface area contributed by atoms with E-state index in [1.807, 2.05) is 0 Å². The first-order chi connectivity index (χ1) is 8.43. The maximum Gasteiger partial charge on any atom is 0.0422 e. The molecule has 0 aliphatic carbocycles. The van der Waals surface area contributed by atoms with Gasteiger partial charge in [0.25, 0.3) is 0 Å². The molecule has 3 rings (SSSR count). The van der Waals surface area contributed by atoms with Crippen LogP contribution in [-0.4, -0.2) is 17.5 Å². The molecule has 1 nitrogen and oxygen atoms in total. The summed E-state index contributed by atoms with van der Waals surface area (Å²) in [4.78, 5) is 0. The number of hydrogen-bond acceptors (Lipinski definition) is 2. The lowest BCUT2D eigenvalue weighted by Crippen LogP contribution is -2.24. The second-order valence-corrected chi connectivity index (χ2v) is 5.78. The second kappa shape index (κ2) is 5.01. The quantitative estimate of drug-likeness (QED) is 0.850. The third-order valence-corrected chi connectivity index (χ3v) is 4.42. The minimum absolute atomic E-state index is 0.655. The minimum Gasteiger partial charge on any atom is -0.382 e. The number of rotatable bonds is 2. The zero-order chi connectivity index (χ0) is 11.5. The Morgan fingerprint density at radius 2 is 1.71 bits per heavy atom. The smallest absolute Gasteiger partial charge is 0.0422 e. The van der Waals surface area contributed by atoms with Crippen molar-refractivity contribution in [3.05, 3.63) is 42.5 Å². The summed E-state index contributed by atoms with van der Waals surface area (Å²) in [6, 6.07) is 15.8. The monoisotopic (exact) mass is 243 g/mol. The Balaban J connectivity index is 1.89. The first-order valence-electron chi connectivity index (χ1n) is 6.25. The van der Waals surface area contributed by atoms with Gasteiger partial charge in [-0.15, -0.1) is 0 Å². The van der Waals surface area contributed by atoms with E-state index in [1.165, 1.54) is 40.8 Å². The van der Waals surface area contributed by atoms with Crippen LogP contribution in [0.15, 0.2) is 42.5 Å². The van der Waals surface area contributed by atoms with E-state index < -0.39 is 0 Å². The summed E-state index contributed by atoms with van der Waals surface area (Å²) < 4.78 is 0. The molecule has 0 spiro atoms. The molecule has 0 radical (unpaired) electrons. The van der Waals surface area contributed by atoms with Crippen LogP contribution in [0.3, 0.4) is 0 Å². The van der Waals surface area contributed by atoms with Crippen molar-refractivity contribution in [2.75, 3.05) is 16.8 Å². The normalized spacial score (nSPS) is 17.2. The highest BCUT2D eigenvalue weighted by Gasteiger charge is 2.13. The molecule has 0 amide bonds. The molecule has 2 aromatic carbocycles. The van der Waals surface area contributed by atoms with E-state index in [2.05, 4.69) is 59.5 Å². The maximum atomic E-state index is 3.71. The first-order valence-corrected chi connectivity index (χ1v) is 7.41. The second-order valence-electron chi connectivity index (χ2n) is 4.56. The van der Waals surface area contributed by atoms with Crippen molar-refractivity contribution in [3.8, 4) is 0 Å². The van der Waals surface area contributed by atoms with E-state index in [-0.39, 0.29) is 0 Å². The predicted octanol–water partition coefficient (Wildman–Crippen LogP) is 4.15. The van der Waals surface area contributed by atoms with Crippen molar-refractivity contribution in [2.24, 2.45) is 0 Å². The third-order valence-electron chi connectivity index (χ3n) is 3.37. The van der Waals surface area contributed by atoms with Crippen LogP contribution in [0.25, 0.3) is 10.8 Å². The number of nitrogens with one attached hydrogen (secondary N) is 1. The van der Waals surface area contributed by atoms with Gasteiger partial charge in [-0.25, -0.2) is 0 Å². The van der Waals surface area contributed by atoms with Crippen LogP contribution in [0.1, 0.15) is 12.8 Å². The van der Waals surface area contributed by atoms with Gasteiger partial charge in [-0.1, -0.05) is 36.4 Å². The Morgan fingerprint density at radius 3 is 2.59 bits per heavy atom. The van der Waals surface area contributed by atoms with E-state index >= 15 is 0 Å². The summed E-state index contributed by atoms with van der Waals surface area (Å²) in [7, 11) is 0. The molecule has 1 aliphatic heterocycles. The average Bonchev–Trinajstić information content (AvgIpc) is 2.40. The van der Waals surface area contributed by atoms with Crippen molar-refractivity contribution in [1.82, 2.24) is 0 Å². The van der Waals surface area contributed by atoms with Crippen LogP contribution in [-0.2, 0) is 0 Å². The van der Waals surface area contributed by atoms with Crippen LogP contribution in [0.2, 0.25) is 0 Å². The Labute approximate surface area is 107 Å². The van der Waals surface area contributed by atoms with Gasteiger partial charge in [0.05, 0.1) is 0 Å². The van der Waals surface area contributed by atoms with Crippen molar-refractivity contribution in [3.63, 3.8) is 0 Å². The zero-order valence-electron chi connectivity index (χ0n) is 9.86. The number of thioether (sulfide) groups is 1. The van der Waals surface area contributed by atoms with E-state index in [0.717, 1.165) is 0 Å². The molecule has 0 atom stereocenters. The molecule has 1 heterocycles. The van der Waals surface area contributed by atoms with Gasteiger partial charge in [-0.2, -0.15) is 11.8 Å². The lowest BCUT2D eigenvalue weighted by atomic mass is 10.1. The van der Waals surface area contributed by atoms with Gasteiger partial charge >= 0.3 is 0 Å². The Kier molecular flexibility index (Phi) is 3.23. The molecule has 0 saturated carbocycles. The largest absolute Gasteiger partial charge is 0.382 e. The van der Waals surface area contributed by atoms with E-state index in [0.29, 0.717) is 6.04 Å². The van der Waals surface area contributed by atoms with Crippen LogP contribution in [0.4, 0.5) is 5.69 Å². The highest BCUT2D eigenvalue weighted by Crippen LogP contribution is 2.26. The van der Waals surface area contributed by atoms with Crippen LogP contribution < -0.4 is 5.32 Å². The van der Waals surface area contributed by atoms with Crippen molar-refractivity contribution in [1.29, 1.82) is 0 Å². The maximum absolute atomic E-state index is 3.71. The molecular weight excluding hydrogens is 226 g/mol. The van der Waals surface area contributed by atoms with Gasteiger partial charge in [0.1, 0.15) is 0 Å². The van der Waals surface area contributed by atoms with Crippen LogP contribution in [0.5, 0.6) is 0 Å². The van der Waals surface area contributed by atoms with Gasteiger partial charge < -0.3 is 5.32 Å². The number of hydrogen-bond donors (Lipinski definition) is 1. The summed E-state index contributed by atoms with van der Waals surface area (Å²) in [6.45, 7) is 0. The van der Waals surface area contributed by atoms with Gasteiger partial charge in [0.2, 0.25) is 0 Å². The molecule has 0 bridgehead atoms. The standard InChI is InChI=1S/C15H17NS/c1-2-6-14-12(4-1)5-3-7-15(14)16-13-8-10-17-11-9-13/h1-7,13,16H,8-11H2. The topological polar surface area (TPSA) is 12.0 Å². The van der Waals surface area contributed by atoms with Crippen LogP contribution in [0, 0.1) is 0 Å². The molecule has 1 fully saturated rings. The molecule has 2 aromatic rings. The number of anilines is 1. The lowest BCUT2D eigenvalue weighted by Gasteiger charge is -2.24. The molecule has 0 aromatic heterocycles. The van der Waals surface area contributed by atoms with E-state index in [4.69, 9.17) is 0 Å². The van der Waals surface area contributed by atoms with E-state index in [9.17, 15) is 0 Å². The zero-order valence-corrected chi connectivity index (χ0v) is 10.7. The number of benzene rings is 2. The fourth-order valence-corrected chi connectivity index (χ4v) is 3.52. The van der Waals surface area contributed by atoms with Crippen molar-refractivity contribution >= 4 is 28.2 Å². The minimum atomic E-state index is 0.655. The molecule has 1 saturated heterocycles. The van der Waals surface area contributed by atoms with Crippen molar-refractivity contribution in [2.45, 2.75) is 18.9 Å². The van der Waals surface area contributed by atoms with Gasteiger partial charge in [-0.3, -0.25) is 0 Å². The summed E-state index contributed by atoms with van der Waals surface area (Å²) in [6.07, 6.45) is 2.57. The van der Waals surface area contributed by atoms with Crippen molar-refractivity contribution < 1.29 is 0 Å². The Hall–Kier alpha value is -1.15. The highest BCUT2D eigenvalue weighted by molar-refractivity contribution is 7.99. The molecule has 1 aliphatic rings. The summed E-state index contributed by atoms with van der Waals surface area (Å²) in [5.74, 6) is 2.59. The highest BCUT2D eigenvalue weighted by atomic mass is 32.2.